The Bertz CT molecular complexity index is 1070. The Balaban J connectivity index is 1.28. The van der Waals surface area contributed by atoms with Crippen LogP contribution in [-0.2, 0) is 5.41 Å². The van der Waals surface area contributed by atoms with Gasteiger partial charge in [-0.3, -0.25) is 9.69 Å². The SMILES string of the molecule is Nc1ncc(-c2ccc([C@@]34C[C@@H]3CN(CC(F)(F)F)C4)cc2)cc1C(=O)N[C@H]1CC[C@H](O)CC1. The molecule has 5 rings (SSSR count). The molecule has 2 saturated carbocycles. The second-order valence-corrected chi connectivity index (χ2v) is 10.1. The van der Waals surface area contributed by atoms with E-state index in [2.05, 4.69) is 10.3 Å². The zero-order valence-electron chi connectivity index (χ0n) is 18.8. The number of aliphatic hydroxyl groups is 1. The lowest BCUT2D eigenvalue weighted by molar-refractivity contribution is -0.144. The molecule has 1 aromatic carbocycles. The van der Waals surface area contributed by atoms with Gasteiger partial charge < -0.3 is 16.2 Å². The molecule has 0 spiro atoms. The molecule has 9 heteroatoms. The van der Waals surface area contributed by atoms with Crippen molar-refractivity contribution in [2.45, 2.75) is 55.8 Å². The number of piperidine rings is 1. The van der Waals surface area contributed by atoms with Gasteiger partial charge in [0.25, 0.3) is 5.91 Å². The molecule has 2 heterocycles. The summed E-state index contributed by atoms with van der Waals surface area (Å²) in [4.78, 5) is 18.5. The van der Waals surface area contributed by atoms with Gasteiger partial charge in [-0.2, -0.15) is 13.2 Å². The highest BCUT2D eigenvalue weighted by Crippen LogP contribution is 2.59. The van der Waals surface area contributed by atoms with Crippen LogP contribution in [0, 0.1) is 5.92 Å². The summed E-state index contributed by atoms with van der Waals surface area (Å²) in [5.74, 6) is 0.152. The molecule has 1 aromatic heterocycles. The Morgan fingerprint density at radius 2 is 1.88 bits per heavy atom. The topological polar surface area (TPSA) is 91.5 Å². The van der Waals surface area contributed by atoms with E-state index < -0.39 is 12.7 Å². The standard InChI is InChI=1S/C25H29F3N4O2/c26-25(27,28)14-32-12-18-10-24(18,13-32)17-3-1-15(2-4-17)16-9-21(22(29)30-11-16)23(34)31-19-5-7-20(33)8-6-19/h1-4,9,11,18-20,33H,5-8,10,12-14H2,(H2,29,30)(H,31,34)/t18-,19-,20-,24+/m1/s1. The van der Waals surface area contributed by atoms with Gasteiger partial charge in [0, 0.05) is 36.3 Å². The number of hydrogen-bond acceptors (Lipinski definition) is 5. The van der Waals surface area contributed by atoms with Crippen molar-refractivity contribution in [2.75, 3.05) is 25.4 Å². The number of benzene rings is 1. The van der Waals surface area contributed by atoms with Crippen molar-refractivity contribution >= 4 is 11.7 Å². The lowest BCUT2D eigenvalue weighted by Crippen LogP contribution is -2.38. The number of carbonyl (C=O) groups excluding carboxylic acids is 1. The molecule has 1 saturated heterocycles. The van der Waals surface area contributed by atoms with Crippen molar-refractivity contribution in [1.82, 2.24) is 15.2 Å². The first-order valence-electron chi connectivity index (χ1n) is 11.8. The molecule has 1 aliphatic heterocycles. The van der Waals surface area contributed by atoms with Crippen LogP contribution in [0.2, 0.25) is 0 Å². The Labute approximate surface area is 196 Å². The Hall–Kier alpha value is -2.65. The van der Waals surface area contributed by atoms with E-state index in [9.17, 15) is 23.1 Å². The molecule has 0 unspecified atom stereocenters. The van der Waals surface area contributed by atoms with Gasteiger partial charge in [0.05, 0.1) is 18.2 Å². The van der Waals surface area contributed by atoms with Gasteiger partial charge in [0.2, 0.25) is 0 Å². The molecule has 182 valence electrons. The van der Waals surface area contributed by atoms with Crippen molar-refractivity contribution in [2.24, 2.45) is 5.92 Å². The molecular formula is C25H29F3N4O2. The molecule has 2 aliphatic carbocycles. The molecular weight excluding hydrogens is 445 g/mol. The predicted octanol–water partition coefficient (Wildman–Crippen LogP) is 3.50. The van der Waals surface area contributed by atoms with Crippen LogP contribution >= 0.6 is 0 Å². The quantitative estimate of drug-likeness (QED) is 0.617. The Kier molecular flexibility index (Phi) is 5.80. The summed E-state index contributed by atoms with van der Waals surface area (Å²) in [6.07, 6.45) is 0.863. The van der Waals surface area contributed by atoms with Crippen LogP contribution in [0.25, 0.3) is 11.1 Å². The number of nitrogen functional groups attached to an aromatic ring is 1. The minimum atomic E-state index is -4.17. The van der Waals surface area contributed by atoms with E-state index in [-0.39, 0.29) is 35.2 Å². The molecule has 2 aromatic rings. The highest BCUT2D eigenvalue weighted by atomic mass is 19.4. The minimum Gasteiger partial charge on any atom is -0.393 e. The van der Waals surface area contributed by atoms with Crippen LogP contribution in [0.4, 0.5) is 19.0 Å². The van der Waals surface area contributed by atoms with Crippen LogP contribution in [0.5, 0.6) is 0 Å². The first kappa shape index (κ1) is 23.1. The maximum Gasteiger partial charge on any atom is 0.401 e. The van der Waals surface area contributed by atoms with Crippen LogP contribution in [0.1, 0.15) is 48.0 Å². The number of rotatable bonds is 5. The van der Waals surface area contributed by atoms with E-state index in [1.54, 1.807) is 12.3 Å². The first-order valence-corrected chi connectivity index (χ1v) is 11.8. The van der Waals surface area contributed by atoms with Crippen molar-refractivity contribution < 1.29 is 23.1 Å². The van der Waals surface area contributed by atoms with Crippen LogP contribution in [0.15, 0.2) is 36.5 Å². The van der Waals surface area contributed by atoms with E-state index in [1.807, 2.05) is 24.3 Å². The predicted molar refractivity (Wildman–Crippen MR) is 122 cm³/mol. The molecule has 34 heavy (non-hydrogen) atoms. The number of aromatic nitrogens is 1. The van der Waals surface area contributed by atoms with Gasteiger partial charge in [-0.1, -0.05) is 24.3 Å². The largest absolute Gasteiger partial charge is 0.401 e. The van der Waals surface area contributed by atoms with E-state index >= 15 is 0 Å². The Morgan fingerprint density at radius 3 is 2.56 bits per heavy atom. The van der Waals surface area contributed by atoms with Crippen LogP contribution in [-0.4, -0.2) is 58.9 Å². The van der Waals surface area contributed by atoms with Gasteiger partial charge in [0.1, 0.15) is 5.82 Å². The molecule has 6 nitrogen and oxygen atoms in total. The monoisotopic (exact) mass is 474 g/mol. The number of nitrogens with zero attached hydrogens (tertiary/aromatic N) is 2. The summed E-state index contributed by atoms with van der Waals surface area (Å²) in [7, 11) is 0. The molecule has 0 radical (unpaired) electrons. The zero-order valence-corrected chi connectivity index (χ0v) is 18.8. The normalized spacial score (nSPS) is 29.0. The maximum absolute atomic E-state index is 12.8. The zero-order chi connectivity index (χ0) is 24.1. The minimum absolute atomic E-state index is 0.00677. The second kappa shape index (κ2) is 8.53. The summed E-state index contributed by atoms with van der Waals surface area (Å²) >= 11 is 0. The average molecular weight is 475 g/mol. The van der Waals surface area contributed by atoms with Gasteiger partial charge in [-0.25, -0.2) is 4.98 Å². The van der Waals surface area contributed by atoms with Gasteiger partial charge in [0.15, 0.2) is 0 Å². The van der Waals surface area contributed by atoms with Crippen molar-refractivity contribution in [3.63, 3.8) is 0 Å². The summed E-state index contributed by atoms with van der Waals surface area (Å²) in [6, 6.07) is 9.56. The number of carbonyl (C=O) groups is 1. The number of likely N-dealkylation sites (tertiary alicyclic amines) is 1. The van der Waals surface area contributed by atoms with Gasteiger partial charge in [-0.15, -0.1) is 0 Å². The fraction of sp³-hybridized carbons (Fsp3) is 0.520. The molecule has 3 fully saturated rings. The van der Waals surface area contributed by atoms with E-state index in [0.717, 1.165) is 36.0 Å². The van der Waals surface area contributed by atoms with Crippen LogP contribution < -0.4 is 11.1 Å². The van der Waals surface area contributed by atoms with Crippen molar-refractivity contribution in [1.29, 1.82) is 0 Å². The lowest BCUT2D eigenvalue weighted by Gasteiger charge is -2.26. The number of nitrogens with two attached hydrogens (primary N) is 1. The number of fused-ring (bicyclic) bond motifs is 1. The van der Waals surface area contributed by atoms with Crippen molar-refractivity contribution in [3.05, 3.63) is 47.7 Å². The summed E-state index contributed by atoms with van der Waals surface area (Å²) in [6.45, 7) is 0.0662. The van der Waals surface area contributed by atoms with Crippen LogP contribution in [0.3, 0.4) is 0 Å². The number of hydrogen-bond donors (Lipinski definition) is 3. The maximum atomic E-state index is 12.8. The Morgan fingerprint density at radius 1 is 1.18 bits per heavy atom. The van der Waals surface area contributed by atoms with Gasteiger partial charge in [-0.05, 0) is 55.2 Å². The number of amides is 1. The third-order valence-corrected chi connectivity index (χ3v) is 7.61. The molecule has 0 bridgehead atoms. The van der Waals surface area contributed by atoms with E-state index in [4.69, 9.17) is 5.73 Å². The summed E-state index contributed by atoms with van der Waals surface area (Å²) in [5.41, 5.74) is 8.80. The molecule has 1 amide bonds. The number of halogens is 3. The lowest BCUT2D eigenvalue weighted by atomic mass is 9.92. The third-order valence-electron chi connectivity index (χ3n) is 7.61. The summed E-state index contributed by atoms with van der Waals surface area (Å²) in [5, 5.41) is 12.7. The number of nitrogens with one attached hydrogen (secondary N) is 1. The smallest absolute Gasteiger partial charge is 0.393 e. The number of anilines is 1. The third kappa shape index (κ3) is 4.63. The fourth-order valence-electron chi connectivity index (χ4n) is 5.70. The van der Waals surface area contributed by atoms with E-state index in [1.165, 1.54) is 4.90 Å². The van der Waals surface area contributed by atoms with Gasteiger partial charge >= 0.3 is 6.18 Å². The highest BCUT2D eigenvalue weighted by molar-refractivity contribution is 5.99. The molecule has 3 aliphatic rings. The van der Waals surface area contributed by atoms with Crippen molar-refractivity contribution in [3.8, 4) is 11.1 Å². The highest BCUT2D eigenvalue weighted by Gasteiger charge is 2.61. The summed E-state index contributed by atoms with van der Waals surface area (Å²) < 4.78 is 38.4. The average Bonchev–Trinajstić information content (AvgIpc) is 3.36. The van der Waals surface area contributed by atoms with E-state index in [0.29, 0.717) is 31.5 Å². The number of alkyl halides is 3. The fourth-order valence-corrected chi connectivity index (χ4v) is 5.70. The number of aliphatic hydroxyl groups excluding tert-OH is 1. The first-order chi connectivity index (χ1) is 16.1. The molecule has 4 N–H and O–H groups in total. The number of pyridine rings is 1. The second-order valence-electron chi connectivity index (χ2n) is 10.1. The molecule has 2 atom stereocenters.